The zero-order valence-corrected chi connectivity index (χ0v) is 16.2. The number of rotatable bonds is 6. The van der Waals surface area contributed by atoms with E-state index >= 15 is 0 Å². The number of alkyl halides is 3. The number of carbonyl (C=O) groups is 1. The predicted octanol–water partition coefficient (Wildman–Crippen LogP) is 3.36. The highest BCUT2D eigenvalue weighted by atomic mass is 32.2. The zero-order chi connectivity index (χ0) is 20.4. The third kappa shape index (κ3) is 4.65. The molecule has 0 aliphatic carbocycles. The van der Waals surface area contributed by atoms with Gasteiger partial charge >= 0.3 is 6.36 Å². The highest BCUT2D eigenvalue weighted by molar-refractivity contribution is 7.89. The Morgan fingerprint density at radius 3 is 2.54 bits per heavy atom. The van der Waals surface area contributed by atoms with Crippen LogP contribution in [0.1, 0.15) is 28.1 Å². The molecule has 0 saturated carbocycles. The number of benzene rings is 1. The van der Waals surface area contributed by atoms with Crippen LogP contribution in [0, 0.1) is 0 Å². The first-order valence-electron chi connectivity index (χ1n) is 8.38. The van der Waals surface area contributed by atoms with E-state index in [4.69, 9.17) is 0 Å². The summed E-state index contributed by atoms with van der Waals surface area (Å²) in [7, 11) is -3.78. The smallest absolute Gasteiger partial charge is 0.405 e. The normalized spacial score (nSPS) is 15.5. The highest BCUT2D eigenvalue weighted by Gasteiger charge is 2.33. The second kappa shape index (κ2) is 8.10. The van der Waals surface area contributed by atoms with Crippen molar-refractivity contribution in [2.24, 2.45) is 0 Å². The van der Waals surface area contributed by atoms with Gasteiger partial charge in [-0.25, -0.2) is 8.42 Å². The molecule has 2 aromatic rings. The number of nitrogens with zero attached hydrogens (tertiary/aromatic N) is 1. The van der Waals surface area contributed by atoms with Gasteiger partial charge in [0.25, 0.3) is 5.91 Å². The number of hydrogen-bond acceptors (Lipinski definition) is 5. The molecule has 0 bridgehead atoms. The minimum absolute atomic E-state index is 0.00104. The number of sulfonamides is 1. The largest absolute Gasteiger partial charge is 0.573 e. The average Bonchev–Trinajstić information content (AvgIpc) is 3.31. The van der Waals surface area contributed by atoms with E-state index in [-0.39, 0.29) is 21.9 Å². The Hall–Kier alpha value is -2.11. The van der Waals surface area contributed by atoms with E-state index in [1.54, 1.807) is 0 Å². The van der Waals surface area contributed by atoms with Crippen LogP contribution in [-0.2, 0) is 16.6 Å². The van der Waals surface area contributed by atoms with Crippen LogP contribution < -0.4 is 10.1 Å². The molecule has 0 radical (unpaired) electrons. The van der Waals surface area contributed by atoms with Gasteiger partial charge in [0.15, 0.2) is 0 Å². The number of thiophene rings is 1. The summed E-state index contributed by atoms with van der Waals surface area (Å²) in [5.41, 5.74) is 0.119. The molecule has 0 unspecified atom stereocenters. The van der Waals surface area contributed by atoms with E-state index in [9.17, 15) is 26.4 Å². The van der Waals surface area contributed by atoms with Gasteiger partial charge < -0.3 is 10.1 Å². The van der Waals surface area contributed by atoms with Crippen molar-refractivity contribution in [3.63, 3.8) is 0 Å². The monoisotopic (exact) mass is 434 g/mol. The fourth-order valence-electron chi connectivity index (χ4n) is 2.86. The van der Waals surface area contributed by atoms with Gasteiger partial charge in [0.2, 0.25) is 10.0 Å². The standard InChI is InChI=1S/C17H17F3N2O4S2/c18-17(19,20)26-13-6-2-1-5-12(13)11-21-16(23)15-14(7-10-27-15)28(24,25)22-8-3-4-9-22/h1-2,5-7,10H,3-4,8-9,11H2,(H,21,23). The number of carbonyl (C=O) groups excluding carboxylic acids is 1. The van der Waals surface area contributed by atoms with Crippen molar-refractivity contribution in [3.05, 3.63) is 46.2 Å². The highest BCUT2D eigenvalue weighted by Crippen LogP contribution is 2.29. The minimum Gasteiger partial charge on any atom is -0.405 e. The number of hydrogen-bond donors (Lipinski definition) is 1. The van der Waals surface area contributed by atoms with Crippen LogP contribution in [0.2, 0.25) is 0 Å². The summed E-state index contributed by atoms with van der Waals surface area (Å²) in [4.78, 5) is 12.4. The van der Waals surface area contributed by atoms with Gasteiger partial charge in [-0.3, -0.25) is 4.79 Å². The molecule has 1 aliphatic heterocycles. The van der Waals surface area contributed by atoms with Crippen molar-refractivity contribution >= 4 is 27.3 Å². The lowest BCUT2D eigenvalue weighted by atomic mass is 10.2. The summed E-state index contributed by atoms with van der Waals surface area (Å²) < 4.78 is 68.2. The summed E-state index contributed by atoms with van der Waals surface area (Å²) in [6, 6.07) is 6.79. The van der Waals surface area contributed by atoms with Crippen molar-refractivity contribution in [3.8, 4) is 5.75 Å². The Kier molecular flexibility index (Phi) is 5.96. The molecule has 0 spiro atoms. The van der Waals surface area contributed by atoms with Gasteiger partial charge in [0.1, 0.15) is 15.5 Å². The first-order valence-corrected chi connectivity index (χ1v) is 10.7. The Morgan fingerprint density at radius 1 is 1.18 bits per heavy atom. The molecule has 28 heavy (non-hydrogen) atoms. The number of amides is 1. The summed E-state index contributed by atoms with van der Waals surface area (Å²) in [5.74, 6) is -1.10. The van der Waals surface area contributed by atoms with Crippen molar-refractivity contribution < 1.29 is 31.1 Å². The van der Waals surface area contributed by atoms with Gasteiger partial charge in [0, 0.05) is 25.2 Å². The first-order chi connectivity index (χ1) is 13.2. The fraction of sp³-hybridized carbons (Fsp3) is 0.353. The van der Waals surface area contributed by atoms with E-state index < -0.39 is 28.0 Å². The molecule has 11 heteroatoms. The molecule has 152 valence electrons. The van der Waals surface area contributed by atoms with Crippen molar-refractivity contribution in [1.82, 2.24) is 9.62 Å². The fourth-order valence-corrected chi connectivity index (χ4v) is 5.70. The maximum Gasteiger partial charge on any atom is 0.573 e. The first kappa shape index (κ1) is 20.6. The molecule has 1 aliphatic rings. The van der Waals surface area contributed by atoms with Crippen molar-refractivity contribution in [2.75, 3.05) is 13.1 Å². The van der Waals surface area contributed by atoms with Gasteiger partial charge in [-0.05, 0) is 30.4 Å². The van der Waals surface area contributed by atoms with E-state index in [1.807, 2.05) is 0 Å². The third-order valence-electron chi connectivity index (χ3n) is 4.16. The SMILES string of the molecule is O=C(NCc1ccccc1OC(F)(F)F)c1sccc1S(=O)(=O)N1CCCC1. The maximum atomic E-state index is 12.7. The lowest BCUT2D eigenvalue weighted by molar-refractivity contribution is -0.274. The van der Waals surface area contributed by atoms with Crippen LogP contribution in [0.3, 0.4) is 0 Å². The number of para-hydroxylation sites is 1. The zero-order valence-electron chi connectivity index (χ0n) is 14.5. The molecule has 1 saturated heterocycles. The Balaban J connectivity index is 1.75. The summed E-state index contributed by atoms with van der Waals surface area (Å²) >= 11 is 0.964. The quantitative estimate of drug-likeness (QED) is 0.757. The summed E-state index contributed by atoms with van der Waals surface area (Å²) in [6.07, 6.45) is -3.33. The van der Waals surface area contributed by atoms with E-state index in [0.717, 1.165) is 30.2 Å². The van der Waals surface area contributed by atoms with Gasteiger partial charge in [0.05, 0.1) is 0 Å². The molecule has 2 heterocycles. The molecule has 3 rings (SSSR count). The predicted molar refractivity (Wildman–Crippen MR) is 96.6 cm³/mol. The lowest BCUT2D eigenvalue weighted by Gasteiger charge is -2.16. The Bertz CT molecular complexity index is 951. The van der Waals surface area contributed by atoms with Crippen LogP contribution in [0.4, 0.5) is 13.2 Å². The van der Waals surface area contributed by atoms with Crippen LogP contribution in [0.5, 0.6) is 5.75 Å². The van der Waals surface area contributed by atoms with Crippen molar-refractivity contribution in [1.29, 1.82) is 0 Å². The second-order valence-electron chi connectivity index (χ2n) is 6.06. The van der Waals surface area contributed by atoms with Crippen LogP contribution >= 0.6 is 11.3 Å². The topological polar surface area (TPSA) is 75.7 Å². The van der Waals surface area contributed by atoms with Gasteiger partial charge in [-0.15, -0.1) is 24.5 Å². The number of nitrogens with one attached hydrogen (secondary N) is 1. The van der Waals surface area contributed by atoms with Crippen molar-refractivity contribution in [2.45, 2.75) is 30.6 Å². The molecular weight excluding hydrogens is 417 g/mol. The molecule has 1 amide bonds. The van der Waals surface area contributed by atoms with Crippen LogP contribution in [0.25, 0.3) is 0 Å². The number of halogens is 3. The molecule has 1 aromatic heterocycles. The van der Waals surface area contributed by atoms with Gasteiger partial charge in [-0.2, -0.15) is 4.31 Å². The van der Waals surface area contributed by atoms with E-state index in [0.29, 0.717) is 13.1 Å². The Morgan fingerprint density at radius 2 is 1.86 bits per heavy atom. The lowest BCUT2D eigenvalue weighted by Crippen LogP contribution is -2.30. The van der Waals surface area contributed by atoms with Crippen LogP contribution in [-0.4, -0.2) is 38.1 Å². The molecule has 1 fully saturated rings. The maximum absolute atomic E-state index is 12.7. The minimum atomic E-state index is -4.86. The molecule has 1 N–H and O–H groups in total. The molecule has 0 atom stereocenters. The van der Waals surface area contributed by atoms with E-state index in [2.05, 4.69) is 10.1 Å². The molecule has 1 aromatic carbocycles. The molecule has 6 nitrogen and oxygen atoms in total. The molecular formula is C17H17F3N2O4S2. The Labute approximate surface area is 164 Å². The van der Waals surface area contributed by atoms with Gasteiger partial charge in [-0.1, -0.05) is 18.2 Å². The second-order valence-corrected chi connectivity index (χ2v) is 8.89. The average molecular weight is 434 g/mol. The summed E-state index contributed by atoms with van der Waals surface area (Å²) in [5, 5.41) is 3.97. The van der Waals surface area contributed by atoms with E-state index in [1.165, 1.54) is 34.0 Å². The summed E-state index contributed by atoms with van der Waals surface area (Å²) in [6.45, 7) is 0.564. The number of ether oxygens (including phenoxy) is 1. The van der Waals surface area contributed by atoms with Crippen LogP contribution in [0.15, 0.2) is 40.6 Å². The third-order valence-corrected chi connectivity index (χ3v) is 7.14.